The molecule has 1 unspecified atom stereocenters. The van der Waals surface area contributed by atoms with E-state index in [9.17, 15) is 0 Å². The van der Waals surface area contributed by atoms with Gasteiger partial charge in [-0.05, 0) is 37.6 Å². The van der Waals surface area contributed by atoms with E-state index in [1.807, 2.05) is 5.51 Å². The maximum atomic E-state index is 4.24. The predicted molar refractivity (Wildman–Crippen MR) is 74.3 cm³/mol. The third-order valence-corrected chi connectivity index (χ3v) is 4.76. The van der Waals surface area contributed by atoms with Crippen molar-refractivity contribution >= 4 is 11.3 Å². The zero-order chi connectivity index (χ0) is 12.1. The second-order valence-corrected chi connectivity index (χ2v) is 6.27. The number of hydrogen-bond acceptors (Lipinski definition) is 3. The van der Waals surface area contributed by atoms with E-state index in [0.717, 1.165) is 18.4 Å². The Morgan fingerprint density at radius 2 is 2.18 bits per heavy atom. The molecule has 96 valence electrons. The van der Waals surface area contributed by atoms with Crippen molar-refractivity contribution in [1.29, 1.82) is 0 Å². The number of nitrogens with zero attached hydrogens (tertiary/aromatic N) is 1. The maximum absolute atomic E-state index is 4.24. The summed E-state index contributed by atoms with van der Waals surface area (Å²) in [6, 6.07) is 0.551. The highest BCUT2D eigenvalue weighted by Gasteiger charge is 2.27. The van der Waals surface area contributed by atoms with Crippen LogP contribution in [0.2, 0.25) is 0 Å². The molecule has 3 heteroatoms. The molecule has 1 heterocycles. The molecule has 1 aliphatic rings. The molecule has 17 heavy (non-hydrogen) atoms. The lowest BCUT2D eigenvalue weighted by molar-refractivity contribution is 0.233. The van der Waals surface area contributed by atoms with Gasteiger partial charge in [0.15, 0.2) is 0 Å². The number of rotatable bonds is 5. The lowest BCUT2D eigenvalue weighted by atomic mass is 9.79. The van der Waals surface area contributed by atoms with E-state index < -0.39 is 0 Å². The summed E-state index contributed by atoms with van der Waals surface area (Å²) in [5.41, 5.74) is 1.96. The van der Waals surface area contributed by atoms with Crippen molar-refractivity contribution in [2.45, 2.75) is 52.0 Å². The Hall–Kier alpha value is -0.410. The SMILES string of the molecule is CCCNC(c1cncs1)C1CCC(C)CC1. The van der Waals surface area contributed by atoms with Crippen LogP contribution in [-0.2, 0) is 0 Å². The van der Waals surface area contributed by atoms with Gasteiger partial charge < -0.3 is 5.32 Å². The topological polar surface area (TPSA) is 24.9 Å². The van der Waals surface area contributed by atoms with Crippen LogP contribution in [-0.4, -0.2) is 11.5 Å². The molecule has 1 aromatic heterocycles. The van der Waals surface area contributed by atoms with Crippen molar-refractivity contribution < 1.29 is 0 Å². The molecule has 1 fully saturated rings. The Kier molecular flexibility index (Phi) is 4.99. The van der Waals surface area contributed by atoms with Crippen LogP contribution in [0.4, 0.5) is 0 Å². The van der Waals surface area contributed by atoms with Gasteiger partial charge in [-0.2, -0.15) is 0 Å². The number of thiazole rings is 1. The molecule has 0 bridgehead atoms. The van der Waals surface area contributed by atoms with E-state index in [1.165, 1.54) is 37.0 Å². The fraction of sp³-hybridized carbons (Fsp3) is 0.786. The van der Waals surface area contributed by atoms with Gasteiger partial charge in [0.25, 0.3) is 0 Å². The number of hydrogen-bond donors (Lipinski definition) is 1. The van der Waals surface area contributed by atoms with Gasteiger partial charge in [0.05, 0.1) is 5.51 Å². The number of nitrogens with one attached hydrogen (secondary N) is 1. The summed E-state index contributed by atoms with van der Waals surface area (Å²) in [5.74, 6) is 1.75. The van der Waals surface area contributed by atoms with Crippen molar-refractivity contribution in [3.8, 4) is 0 Å². The van der Waals surface area contributed by atoms with Crippen LogP contribution in [0.25, 0.3) is 0 Å². The molecular formula is C14H24N2S. The first-order chi connectivity index (χ1) is 8.31. The van der Waals surface area contributed by atoms with Crippen LogP contribution in [0.5, 0.6) is 0 Å². The minimum atomic E-state index is 0.551. The standard InChI is InChI=1S/C14H24N2S/c1-3-8-16-14(13-9-15-10-17-13)12-6-4-11(2)5-7-12/h9-12,14,16H,3-8H2,1-2H3. The van der Waals surface area contributed by atoms with Crippen molar-refractivity contribution in [3.63, 3.8) is 0 Å². The van der Waals surface area contributed by atoms with Gasteiger partial charge in [-0.15, -0.1) is 11.3 Å². The molecule has 0 aromatic carbocycles. The zero-order valence-corrected chi connectivity index (χ0v) is 11.8. The summed E-state index contributed by atoms with van der Waals surface area (Å²) in [6.07, 6.45) is 8.80. The van der Waals surface area contributed by atoms with Gasteiger partial charge >= 0.3 is 0 Å². The Balaban J connectivity index is 2.00. The molecular weight excluding hydrogens is 228 g/mol. The molecule has 1 N–H and O–H groups in total. The highest BCUT2D eigenvalue weighted by molar-refractivity contribution is 7.09. The zero-order valence-electron chi connectivity index (χ0n) is 11.0. The van der Waals surface area contributed by atoms with Crippen molar-refractivity contribution in [3.05, 3.63) is 16.6 Å². The third kappa shape index (κ3) is 3.52. The second-order valence-electron chi connectivity index (χ2n) is 5.36. The van der Waals surface area contributed by atoms with Crippen LogP contribution in [0.15, 0.2) is 11.7 Å². The lowest BCUT2D eigenvalue weighted by Gasteiger charge is -2.32. The largest absolute Gasteiger partial charge is 0.309 e. The quantitative estimate of drug-likeness (QED) is 0.856. The lowest BCUT2D eigenvalue weighted by Crippen LogP contribution is -2.30. The summed E-state index contributed by atoms with van der Waals surface area (Å²) in [6.45, 7) is 5.74. The Labute approximate surface area is 109 Å². The fourth-order valence-corrected chi connectivity index (χ4v) is 3.59. The fourth-order valence-electron chi connectivity index (χ4n) is 2.80. The van der Waals surface area contributed by atoms with E-state index in [2.05, 4.69) is 30.3 Å². The molecule has 0 spiro atoms. The molecule has 1 atom stereocenters. The molecule has 2 rings (SSSR count). The average Bonchev–Trinajstić information content (AvgIpc) is 2.85. The van der Waals surface area contributed by atoms with Gasteiger partial charge in [-0.3, -0.25) is 4.98 Å². The minimum Gasteiger partial charge on any atom is -0.309 e. The van der Waals surface area contributed by atoms with E-state index in [0.29, 0.717) is 6.04 Å². The van der Waals surface area contributed by atoms with Crippen LogP contribution in [0.1, 0.15) is 56.9 Å². The Bertz CT molecular complexity index is 302. The van der Waals surface area contributed by atoms with Gasteiger partial charge in [-0.25, -0.2) is 0 Å². The first-order valence-electron chi connectivity index (χ1n) is 6.93. The van der Waals surface area contributed by atoms with E-state index in [-0.39, 0.29) is 0 Å². The van der Waals surface area contributed by atoms with Crippen LogP contribution < -0.4 is 5.32 Å². The smallest absolute Gasteiger partial charge is 0.0794 e. The van der Waals surface area contributed by atoms with Crippen LogP contribution in [0, 0.1) is 11.8 Å². The number of aromatic nitrogens is 1. The summed E-state index contributed by atoms with van der Waals surface area (Å²) in [7, 11) is 0. The highest BCUT2D eigenvalue weighted by atomic mass is 32.1. The summed E-state index contributed by atoms with van der Waals surface area (Å²) in [5, 5.41) is 3.73. The van der Waals surface area contributed by atoms with Crippen molar-refractivity contribution in [2.24, 2.45) is 11.8 Å². The van der Waals surface area contributed by atoms with E-state index >= 15 is 0 Å². The minimum absolute atomic E-state index is 0.551. The molecule has 0 aliphatic heterocycles. The summed E-state index contributed by atoms with van der Waals surface area (Å²) in [4.78, 5) is 5.67. The molecule has 1 saturated carbocycles. The van der Waals surface area contributed by atoms with Gasteiger partial charge in [-0.1, -0.05) is 26.7 Å². The van der Waals surface area contributed by atoms with Crippen molar-refractivity contribution in [1.82, 2.24) is 10.3 Å². The third-order valence-electron chi connectivity index (χ3n) is 3.90. The second kappa shape index (κ2) is 6.50. The summed E-state index contributed by atoms with van der Waals surface area (Å²) < 4.78 is 0. The molecule has 1 aromatic rings. The molecule has 2 nitrogen and oxygen atoms in total. The van der Waals surface area contributed by atoms with Crippen molar-refractivity contribution in [2.75, 3.05) is 6.54 Å². The predicted octanol–water partition coefficient (Wildman–Crippen LogP) is 4.01. The first kappa shape index (κ1) is 13.0. The van der Waals surface area contributed by atoms with Crippen LogP contribution >= 0.6 is 11.3 Å². The van der Waals surface area contributed by atoms with E-state index in [4.69, 9.17) is 0 Å². The normalized spacial score (nSPS) is 26.9. The molecule has 1 aliphatic carbocycles. The van der Waals surface area contributed by atoms with E-state index in [1.54, 1.807) is 11.3 Å². The van der Waals surface area contributed by atoms with Gasteiger partial charge in [0, 0.05) is 17.1 Å². The molecule has 0 radical (unpaired) electrons. The average molecular weight is 252 g/mol. The maximum Gasteiger partial charge on any atom is 0.0794 e. The Morgan fingerprint density at radius 3 is 2.76 bits per heavy atom. The van der Waals surface area contributed by atoms with Gasteiger partial charge in [0.1, 0.15) is 0 Å². The summed E-state index contributed by atoms with van der Waals surface area (Å²) >= 11 is 1.80. The monoisotopic (exact) mass is 252 g/mol. The highest BCUT2D eigenvalue weighted by Crippen LogP contribution is 2.37. The van der Waals surface area contributed by atoms with Gasteiger partial charge in [0.2, 0.25) is 0 Å². The Morgan fingerprint density at radius 1 is 1.41 bits per heavy atom. The molecule has 0 amide bonds. The first-order valence-corrected chi connectivity index (χ1v) is 7.81. The molecule has 0 saturated heterocycles. The van der Waals surface area contributed by atoms with Crippen LogP contribution in [0.3, 0.4) is 0 Å².